The summed E-state index contributed by atoms with van der Waals surface area (Å²) in [5.41, 5.74) is 13.0. The van der Waals surface area contributed by atoms with Crippen molar-refractivity contribution in [3.05, 3.63) is 217 Å². The molecule has 0 spiro atoms. The van der Waals surface area contributed by atoms with Crippen LogP contribution in [0, 0.1) is 0 Å². The van der Waals surface area contributed by atoms with Crippen LogP contribution < -0.4 is 0 Å². The van der Waals surface area contributed by atoms with Crippen molar-refractivity contribution in [3.63, 3.8) is 0 Å². The highest BCUT2D eigenvalue weighted by molar-refractivity contribution is 6.26. The lowest BCUT2D eigenvalue weighted by Crippen LogP contribution is -2.15. The molecule has 0 aromatic heterocycles. The number of fused-ring (bicyclic) bond motifs is 15. The Kier molecular flexibility index (Phi) is 7.17. The van der Waals surface area contributed by atoms with Crippen LogP contribution in [-0.2, 0) is 5.41 Å². The Labute approximate surface area is 355 Å². The molecule has 0 bridgehead atoms. The third-order valence-corrected chi connectivity index (χ3v) is 14.0. The molecule has 0 unspecified atom stereocenters. The highest BCUT2D eigenvalue weighted by Gasteiger charge is 2.39. The molecule has 0 radical (unpaired) electrons. The molecule has 61 heavy (non-hydrogen) atoms. The van der Waals surface area contributed by atoms with Crippen LogP contribution >= 0.6 is 0 Å². The van der Waals surface area contributed by atoms with Crippen LogP contribution in [0.5, 0.6) is 0 Å². The lowest BCUT2D eigenvalue weighted by atomic mass is 9.79. The first-order valence-corrected chi connectivity index (χ1v) is 21.5. The molecule has 0 fully saturated rings. The summed E-state index contributed by atoms with van der Waals surface area (Å²) in [5.74, 6) is 0. The first-order valence-electron chi connectivity index (χ1n) is 21.5. The van der Waals surface area contributed by atoms with Crippen molar-refractivity contribution in [1.29, 1.82) is 0 Å². The zero-order chi connectivity index (χ0) is 40.4. The van der Waals surface area contributed by atoms with E-state index in [1.165, 1.54) is 131 Å². The van der Waals surface area contributed by atoms with Gasteiger partial charge in [-0.15, -0.1) is 0 Å². The summed E-state index contributed by atoms with van der Waals surface area (Å²) in [5, 5.41) is 18.1. The van der Waals surface area contributed by atoms with Crippen LogP contribution in [0.2, 0.25) is 0 Å². The maximum Gasteiger partial charge on any atom is 0.0165 e. The van der Waals surface area contributed by atoms with Crippen molar-refractivity contribution < 1.29 is 0 Å². The van der Waals surface area contributed by atoms with E-state index in [2.05, 4.69) is 220 Å². The maximum absolute atomic E-state index is 2.44. The zero-order valence-corrected chi connectivity index (χ0v) is 34.1. The van der Waals surface area contributed by atoms with Crippen molar-refractivity contribution in [2.45, 2.75) is 19.3 Å². The molecule has 0 amide bonds. The molecule has 12 aromatic rings. The van der Waals surface area contributed by atoms with Crippen molar-refractivity contribution in [2.24, 2.45) is 0 Å². The number of hydrogen-bond donors (Lipinski definition) is 0. The Morgan fingerprint density at radius 2 is 0.738 bits per heavy atom. The molecule has 284 valence electrons. The monoisotopic (exact) mass is 772 g/mol. The molecule has 0 aliphatic heterocycles. The quantitative estimate of drug-likeness (QED) is 0.124. The second kappa shape index (κ2) is 12.7. The van der Waals surface area contributed by atoms with Gasteiger partial charge in [-0.1, -0.05) is 208 Å². The van der Waals surface area contributed by atoms with Crippen molar-refractivity contribution in [2.75, 3.05) is 0 Å². The molecule has 1 aliphatic rings. The van der Waals surface area contributed by atoms with Crippen LogP contribution in [0.3, 0.4) is 0 Å². The molecule has 0 nitrogen and oxygen atoms in total. The predicted molar refractivity (Wildman–Crippen MR) is 263 cm³/mol. The second-order valence-corrected chi connectivity index (χ2v) is 17.5. The van der Waals surface area contributed by atoms with Gasteiger partial charge in [0.15, 0.2) is 0 Å². The fourth-order valence-electron chi connectivity index (χ4n) is 11.3. The first-order chi connectivity index (χ1) is 30.0. The predicted octanol–water partition coefficient (Wildman–Crippen LogP) is 17.1. The average molecular weight is 773 g/mol. The maximum atomic E-state index is 2.44. The number of hydrogen-bond acceptors (Lipinski definition) is 0. The molecule has 0 saturated carbocycles. The van der Waals surface area contributed by atoms with E-state index in [-0.39, 0.29) is 5.41 Å². The van der Waals surface area contributed by atoms with E-state index >= 15 is 0 Å². The Morgan fingerprint density at radius 1 is 0.262 bits per heavy atom. The third-order valence-electron chi connectivity index (χ3n) is 14.0. The molecule has 0 N–H and O–H groups in total. The highest BCUT2D eigenvalue weighted by atomic mass is 14.4. The highest BCUT2D eigenvalue weighted by Crippen LogP contribution is 2.57. The number of rotatable bonds is 3. The van der Waals surface area contributed by atoms with Crippen LogP contribution in [0.1, 0.15) is 25.0 Å². The second-order valence-electron chi connectivity index (χ2n) is 17.5. The van der Waals surface area contributed by atoms with E-state index in [1.54, 1.807) is 0 Å². The Morgan fingerprint density at radius 3 is 1.39 bits per heavy atom. The number of benzene rings is 12. The summed E-state index contributed by atoms with van der Waals surface area (Å²) in [7, 11) is 0. The molecule has 0 heteroatoms. The van der Waals surface area contributed by atoms with Crippen molar-refractivity contribution in [1.82, 2.24) is 0 Å². The molecule has 0 heterocycles. The van der Waals surface area contributed by atoms with Crippen LogP contribution in [0.4, 0.5) is 0 Å². The third kappa shape index (κ3) is 4.82. The van der Waals surface area contributed by atoms with Gasteiger partial charge >= 0.3 is 0 Å². The van der Waals surface area contributed by atoms with E-state index in [4.69, 9.17) is 0 Å². The summed E-state index contributed by atoms with van der Waals surface area (Å²) >= 11 is 0. The molecule has 12 aromatic carbocycles. The lowest BCUT2D eigenvalue weighted by molar-refractivity contribution is 0.667. The van der Waals surface area contributed by atoms with Gasteiger partial charge in [-0.3, -0.25) is 0 Å². The van der Waals surface area contributed by atoms with Gasteiger partial charge in [0.2, 0.25) is 0 Å². The fourth-order valence-corrected chi connectivity index (χ4v) is 11.3. The van der Waals surface area contributed by atoms with Gasteiger partial charge in [-0.2, -0.15) is 0 Å². The minimum Gasteiger partial charge on any atom is -0.0616 e. The first kappa shape index (κ1) is 34.3. The Hall–Kier alpha value is -7.54. The SMILES string of the molecule is CC1(C)c2ccc3ccccc3c2-c2c1c1ccc(-c3ccc(-c4c5ccccc5c(-c5cc6ccccc6c6ccccc56)c5ccccc45)cc3)cc1c1ccccc21. The topological polar surface area (TPSA) is 0 Å². The van der Waals surface area contributed by atoms with Crippen LogP contribution in [0.15, 0.2) is 206 Å². The standard InChI is InChI=1S/C61H40/c1-61(2)55-34-32-38-15-3-6-18-43(38)58(55)59-47-22-10-9-21-46(47)53-35-40(31-33-52(53)60(59)61)37-27-29-39(30-28-37)56-48-23-11-13-25-50(48)57(51-26-14-12-24-49(51)56)54-36-41-16-4-5-17-42(41)44-19-7-8-20-45(44)54/h3-36H,1-2H3. The fraction of sp³-hybridized carbons (Fsp3) is 0.0492. The largest absolute Gasteiger partial charge is 0.0616 e. The smallest absolute Gasteiger partial charge is 0.0165 e. The summed E-state index contributed by atoms with van der Waals surface area (Å²) in [6, 6.07) is 77.3. The summed E-state index contributed by atoms with van der Waals surface area (Å²) in [6.07, 6.45) is 0. The van der Waals surface area contributed by atoms with Crippen LogP contribution in [0.25, 0.3) is 120 Å². The van der Waals surface area contributed by atoms with Crippen molar-refractivity contribution >= 4 is 75.4 Å². The van der Waals surface area contributed by atoms with Crippen molar-refractivity contribution in [3.8, 4) is 44.5 Å². The van der Waals surface area contributed by atoms with E-state index in [1.807, 2.05) is 0 Å². The van der Waals surface area contributed by atoms with Gasteiger partial charge in [0.25, 0.3) is 0 Å². The minimum atomic E-state index is -0.136. The van der Waals surface area contributed by atoms with E-state index in [0.29, 0.717) is 0 Å². The molecule has 0 atom stereocenters. The Balaban J connectivity index is 0.987. The molecule has 1 aliphatic carbocycles. The summed E-state index contributed by atoms with van der Waals surface area (Å²) < 4.78 is 0. The summed E-state index contributed by atoms with van der Waals surface area (Å²) in [6.45, 7) is 4.83. The van der Waals surface area contributed by atoms with Gasteiger partial charge in [-0.25, -0.2) is 0 Å². The van der Waals surface area contributed by atoms with Gasteiger partial charge < -0.3 is 0 Å². The van der Waals surface area contributed by atoms with Gasteiger partial charge in [0, 0.05) is 5.41 Å². The zero-order valence-electron chi connectivity index (χ0n) is 34.1. The lowest BCUT2D eigenvalue weighted by Gasteiger charge is -2.24. The Bertz CT molecular complexity index is 3770. The van der Waals surface area contributed by atoms with Gasteiger partial charge in [-0.05, 0) is 143 Å². The molecule has 0 saturated heterocycles. The molecular weight excluding hydrogens is 733 g/mol. The molecular formula is C61H40. The van der Waals surface area contributed by atoms with Gasteiger partial charge in [0.1, 0.15) is 0 Å². The van der Waals surface area contributed by atoms with E-state index in [0.717, 1.165) is 0 Å². The minimum absolute atomic E-state index is 0.136. The molecule has 13 rings (SSSR count). The average Bonchev–Trinajstić information content (AvgIpc) is 3.57. The van der Waals surface area contributed by atoms with Crippen LogP contribution in [-0.4, -0.2) is 0 Å². The van der Waals surface area contributed by atoms with E-state index in [9.17, 15) is 0 Å². The summed E-state index contributed by atoms with van der Waals surface area (Å²) in [4.78, 5) is 0. The van der Waals surface area contributed by atoms with E-state index < -0.39 is 0 Å². The normalized spacial score (nSPS) is 13.2. The van der Waals surface area contributed by atoms with Gasteiger partial charge in [0.05, 0.1) is 0 Å².